The van der Waals surface area contributed by atoms with Crippen LogP contribution in [0.5, 0.6) is 0 Å². The molecule has 0 fully saturated rings. The number of aryl methyl sites for hydroxylation is 2. The summed E-state index contributed by atoms with van der Waals surface area (Å²) >= 11 is 0. The van der Waals surface area contributed by atoms with Crippen LogP contribution < -0.4 is 11.2 Å². The second-order valence-electron chi connectivity index (χ2n) is 5.89. The molecule has 0 aliphatic rings. The fourth-order valence-corrected chi connectivity index (χ4v) is 2.71. The largest absolute Gasteiger partial charge is 0.332 e. The van der Waals surface area contributed by atoms with Gasteiger partial charge in [-0.1, -0.05) is 0 Å². The van der Waals surface area contributed by atoms with Gasteiger partial charge in [-0.15, -0.1) is 0 Å². The van der Waals surface area contributed by atoms with Crippen LogP contribution in [0.3, 0.4) is 0 Å². The molecule has 3 aromatic heterocycles. The van der Waals surface area contributed by atoms with Crippen LogP contribution >= 0.6 is 0 Å². The van der Waals surface area contributed by atoms with E-state index in [4.69, 9.17) is 0 Å². The fraction of sp³-hybridized carbons (Fsp3) is 0.500. The van der Waals surface area contributed by atoms with Gasteiger partial charge in [0.2, 0.25) is 5.78 Å². The first kappa shape index (κ1) is 14.6. The van der Waals surface area contributed by atoms with Gasteiger partial charge < -0.3 is 9.47 Å². The van der Waals surface area contributed by atoms with Crippen LogP contribution in [-0.4, -0.2) is 48.6 Å². The van der Waals surface area contributed by atoms with E-state index in [2.05, 4.69) is 14.5 Å². The number of rotatable bonds is 3. The standard InChI is InChI=1S/C14H20N6O2/c1-9-8-20-10-11(17(4)14(22)18(5)12(10)21)15-13(20)19(9)7-6-16(2)3/h8H,6-7H2,1-5H3. The molecule has 3 rings (SSSR count). The van der Waals surface area contributed by atoms with Gasteiger partial charge in [-0.3, -0.25) is 18.3 Å². The number of hydrogen-bond acceptors (Lipinski definition) is 4. The Morgan fingerprint density at radius 2 is 1.86 bits per heavy atom. The molecule has 0 aliphatic heterocycles. The van der Waals surface area contributed by atoms with Gasteiger partial charge >= 0.3 is 5.69 Å². The lowest BCUT2D eigenvalue weighted by Crippen LogP contribution is -2.37. The molecule has 8 nitrogen and oxygen atoms in total. The number of imidazole rings is 2. The van der Waals surface area contributed by atoms with Gasteiger partial charge in [-0.2, -0.15) is 4.98 Å². The zero-order chi connectivity index (χ0) is 16.2. The van der Waals surface area contributed by atoms with E-state index in [1.807, 2.05) is 27.2 Å². The molecule has 0 N–H and O–H groups in total. The average molecular weight is 304 g/mol. The van der Waals surface area contributed by atoms with Crippen molar-refractivity contribution < 1.29 is 0 Å². The predicted molar refractivity (Wildman–Crippen MR) is 84.5 cm³/mol. The summed E-state index contributed by atoms with van der Waals surface area (Å²) in [6.45, 7) is 3.63. The molecule has 22 heavy (non-hydrogen) atoms. The molecule has 0 aromatic carbocycles. The number of likely N-dealkylation sites (N-methyl/N-ethyl adjacent to an activating group) is 1. The lowest BCUT2D eigenvalue weighted by molar-refractivity contribution is 0.384. The van der Waals surface area contributed by atoms with Crippen LogP contribution in [0.15, 0.2) is 15.8 Å². The van der Waals surface area contributed by atoms with Crippen LogP contribution in [-0.2, 0) is 20.6 Å². The molecule has 3 heterocycles. The molecule has 118 valence electrons. The lowest BCUT2D eigenvalue weighted by atomic mass is 10.4. The highest BCUT2D eigenvalue weighted by atomic mass is 16.2. The van der Waals surface area contributed by atoms with Crippen molar-refractivity contribution in [1.82, 2.24) is 28.0 Å². The Kier molecular flexibility index (Phi) is 3.21. The summed E-state index contributed by atoms with van der Waals surface area (Å²) in [6, 6.07) is 0. The van der Waals surface area contributed by atoms with Crippen molar-refractivity contribution in [1.29, 1.82) is 0 Å². The Morgan fingerprint density at radius 3 is 2.50 bits per heavy atom. The van der Waals surface area contributed by atoms with E-state index in [0.717, 1.165) is 23.4 Å². The summed E-state index contributed by atoms with van der Waals surface area (Å²) in [6.07, 6.45) is 1.90. The van der Waals surface area contributed by atoms with Crippen LogP contribution in [0.4, 0.5) is 0 Å². The van der Waals surface area contributed by atoms with Crippen molar-refractivity contribution in [3.8, 4) is 0 Å². The number of hydrogen-bond donors (Lipinski definition) is 0. The van der Waals surface area contributed by atoms with Gasteiger partial charge in [0.05, 0.1) is 0 Å². The third-order valence-corrected chi connectivity index (χ3v) is 4.03. The molecule has 0 saturated carbocycles. The van der Waals surface area contributed by atoms with Gasteiger partial charge in [-0.25, -0.2) is 4.79 Å². The molecule has 0 unspecified atom stereocenters. The van der Waals surface area contributed by atoms with Crippen molar-refractivity contribution in [2.24, 2.45) is 14.1 Å². The van der Waals surface area contributed by atoms with Crippen molar-refractivity contribution in [3.63, 3.8) is 0 Å². The summed E-state index contributed by atoms with van der Waals surface area (Å²) in [5.41, 5.74) is 1.19. The summed E-state index contributed by atoms with van der Waals surface area (Å²) < 4.78 is 6.37. The van der Waals surface area contributed by atoms with E-state index in [1.54, 1.807) is 11.4 Å². The highest BCUT2D eigenvalue weighted by molar-refractivity contribution is 5.75. The van der Waals surface area contributed by atoms with E-state index in [9.17, 15) is 9.59 Å². The van der Waals surface area contributed by atoms with Gasteiger partial charge in [0.25, 0.3) is 5.56 Å². The molecule has 0 radical (unpaired) electrons. The highest BCUT2D eigenvalue weighted by Gasteiger charge is 2.18. The molecule has 8 heteroatoms. The first-order chi connectivity index (χ1) is 10.3. The van der Waals surface area contributed by atoms with Crippen LogP contribution in [0, 0.1) is 6.92 Å². The number of fused-ring (bicyclic) bond motifs is 3. The average Bonchev–Trinajstić information content (AvgIpc) is 2.95. The smallest absolute Gasteiger partial charge is 0.313 e. The molecule has 3 aromatic rings. The van der Waals surface area contributed by atoms with Gasteiger partial charge in [0, 0.05) is 39.1 Å². The Balaban J connectivity index is 2.37. The maximum Gasteiger partial charge on any atom is 0.332 e. The molecule has 0 bridgehead atoms. The van der Waals surface area contributed by atoms with Crippen molar-refractivity contribution in [2.45, 2.75) is 13.5 Å². The topological polar surface area (TPSA) is 69.5 Å². The summed E-state index contributed by atoms with van der Waals surface area (Å²) in [7, 11) is 7.14. The molecule has 0 amide bonds. The van der Waals surface area contributed by atoms with E-state index in [0.29, 0.717) is 16.9 Å². The second-order valence-corrected chi connectivity index (χ2v) is 5.89. The third-order valence-electron chi connectivity index (χ3n) is 4.03. The third kappa shape index (κ3) is 1.91. The molecule has 0 aliphatic carbocycles. The molecule has 0 saturated heterocycles. The monoisotopic (exact) mass is 304 g/mol. The fourth-order valence-electron chi connectivity index (χ4n) is 2.71. The minimum atomic E-state index is -0.366. The Hall–Kier alpha value is -2.35. The molecule has 0 spiro atoms. The zero-order valence-electron chi connectivity index (χ0n) is 13.5. The SMILES string of the molecule is Cc1cn2c3c(=O)n(C)c(=O)n(C)c3nc2n1CCN(C)C. The van der Waals surface area contributed by atoms with E-state index in [-0.39, 0.29) is 11.2 Å². The van der Waals surface area contributed by atoms with Crippen LogP contribution in [0.1, 0.15) is 5.69 Å². The van der Waals surface area contributed by atoms with Gasteiger partial charge in [0.1, 0.15) is 0 Å². The van der Waals surface area contributed by atoms with Gasteiger partial charge in [-0.05, 0) is 21.0 Å². The van der Waals surface area contributed by atoms with E-state index >= 15 is 0 Å². The minimum absolute atomic E-state index is 0.324. The maximum atomic E-state index is 12.4. The molecule has 0 atom stereocenters. The Bertz CT molecular complexity index is 985. The predicted octanol–water partition coefficient (Wildman–Crippen LogP) is -0.444. The lowest BCUT2D eigenvalue weighted by Gasteiger charge is -2.11. The summed E-state index contributed by atoms with van der Waals surface area (Å²) in [5, 5.41) is 0. The summed E-state index contributed by atoms with van der Waals surface area (Å²) in [4.78, 5) is 31.1. The number of nitrogens with zero attached hydrogens (tertiary/aromatic N) is 6. The van der Waals surface area contributed by atoms with Gasteiger partial charge in [0.15, 0.2) is 11.2 Å². The highest BCUT2D eigenvalue weighted by Crippen LogP contribution is 2.15. The van der Waals surface area contributed by atoms with Crippen LogP contribution in [0.25, 0.3) is 16.9 Å². The normalized spacial score (nSPS) is 12.1. The Morgan fingerprint density at radius 1 is 1.18 bits per heavy atom. The molecular weight excluding hydrogens is 284 g/mol. The Labute approximate surface area is 126 Å². The van der Waals surface area contributed by atoms with E-state index in [1.165, 1.54) is 11.6 Å². The quantitative estimate of drug-likeness (QED) is 0.657. The van der Waals surface area contributed by atoms with Crippen LogP contribution in [0.2, 0.25) is 0 Å². The first-order valence-corrected chi connectivity index (χ1v) is 7.11. The zero-order valence-corrected chi connectivity index (χ0v) is 13.5. The van der Waals surface area contributed by atoms with E-state index < -0.39 is 0 Å². The minimum Gasteiger partial charge on any atom is -0.313 e. The van der Waals surface area contributed by atoms with Crippen molar-refractivity contribution in [3.05, 3.63) is 32.7 Å². The maximum absolute atomic E-state index is 12.4. The summed E-state index contributed by atoms with van der Waals surface area (Å²) in [5.74, 6) is 0.688. The second kappa shape index (κ2) is 4.84. The molecular formula is C14H20N6O2. The van der Waals surface area contributed by atoms with Crippen molar-refractivity contribution in [2.75, 3.05) is 20.6 Å². The first-order valence-electron chi connectivity index (χ1n) is 7.11. The number of aromatic nitrogens is 5. The van der Waals surface area contributed by atoms with Crippen molar-refractivity contribution >= 4 is 16.9 Å².